The summed E-state index contributed by atoms with van der Waals surface area (Å²) in [5.41, 5.74) is 0.886. The normalized spacial score (nSPS) is 17.0. The van der Waals surface area contributed by atoms with Crippen molar-refractivity contribution in [3.63, 3.8) is 0 Å². The summed E-state index contributed by atoms with van der Waals surface area (Å²) in [7, 11) is 1.30. The van der Waals surface area contributed by atoms with Gasteiger partial charge in [0.2, 0.25) is 0 Å². The molecular weight excluding hydrogens is 302 g/mol. The second-order valence-electron chi connectivity index (χ2n) is 5.04. The van der Waals surface area contributed by atoms with Crippen molar-refractivity contribution in [2.75, 3.05) is 18.7 Å². The van der Waals surface area contributed by atoms with Crippen molar-refractivity contribution in [3.05, 3.63) is 34.4 Å². The van der Waals surface area contributed by atoms with Gasteiger partial charge in [0.05, 0.1) is 17.7 Å². The maximum absolute atomic E-state index is 11.7. The average Bonchev–Trinajstić information content (AvgIpc) is 2.98. The largest absolute Gasteiger partial charge is 0.464 e. The average molecular weight is 321 g/mol. The third-order valence-electron chi connectivity index (χ3n) is 3.42. The second kappa shape index (κ2) is 7.68. The first-order chi connectivity index (χ1) is 11.1. The molecule has 0 N–H and O–H groups in total. The van der Waals surface area contributed by atoms with E-state index >= 15 is 0 Å². The number of nitrogens with zero attached hydrogens (tertiary/aromatic N) is 3. The third kappa shape index (κ3) is 4.04. The molecule has 2 rings (SSSR count). The van der Waals surface area contributed by atoms with Crippen LogP contribution in [-0.4, -0.2) is 36.5 Å². The number of carbonyl (C=O) groups is 1. The Balaban J connectivity index is 2.20. The van der Waals surface area contributed by atoms with Gasteiger partial charge in [0.15, 0.2) is 11.9 Å². The summed E-state index contributed by atoms with van der Waals surface area (Å²) < 4.78 is 10.5. The molecule has 1 aromatic carbocycles. The molecule has 0 amide bonds. The Morgan fingerprint density at radius 3 is 2.70 bits per heavy atom. The molecule has 1 aliphatic heterocycles. The number of benzene rings is 1. The molecule has 8 nitrogen and oxygen atoms in total. The SMILES string of the molecule is CCCCOC1CC(C(=O)OC)=NN1c1ccc([N+](=O)[O-])cc1. The smallest absolute Gasteiger partial charge is 0.354 e. The van der Waals surface area contributed by atoms with Crippen molar-refractivity contribution in [3.8, 4) is 0 Å². The number of hydrazone groups is 1. The summed E-state index contributed by atoms with van der Waals surface area (Å²) in [6.45, 7) is 2.61. The molecular formula is C15H19N3O5. The maximum atomic E-state index is 11.7. The van der Waals surface area contributed by atoms with Crippen LogP contribution in [-0.2, 0) is 14.3 Å². The van der Waals surface area contributed by atoms with Crippen LogP contribution >= 0.6 is 0 Å². The van der Waals surface area contributed by atoms with Crippen LogP contribution in [0.1, 0.15) is 26.2 Å². The molecule has 0 spiro atoms. The van der Waals surface area contributed by atoms with E-state index in [2.05, 4.69) is 12.0 Å². The topological polar surface area (TPSA) is 94.3 Å². The fourth-order valence-electron chi connectivity index (χ4n) is 2.17. The molecule has 1 unspecified atom stereocenters. The number of nitro benzene ring substituents is 1. The van der Waals surface area contributed by atoms with Crippen molar-refractivity contribution < 1.29 is 19.2 Å². The van der Waals surface area contributed by atoms with E-state index < -0.39 is 17.1 Å². The third-order valence-corrected chi connectivity index (χ3v) is 3.42. The molecule has 0 bridgehead atoms. The van der Waals surface area contributed by atoms with Crippen LogP contribution in [0.3, 0.4) is 0 Å². The van der Waals surface area contributed by atoms with E-state index in [1.54, 1.807) is 17.1 Å². The highest BCUT2D eigenvalue weighted by Crippen LogP contribution is 2.27. The highest BCUT2D eigenvalue weighted by Gasteiger charge is 2.32. The van der Waals surface area contributed by atoms with E-state index in [0.29, 0.717) is 18.7 Å². The van der Waals surface area contributed by atoms with Gasteiger partial charge in [-0.1, -0.05) is 13.3 Å². The van der Waals surface area contributed by atoms with Gasteiger partial charge in [-0.2, -0.15) is 5.10 Å². The van der Waals surface area contributed by atoms with E-state index in [1.807, 2.05) is 0 Å². The molecule has 0 aliphatic carbocycles. The number of esters is 1. The fraction of sp³-hybridized carbons (Fsp3) is 0.467. The van der Waals surface area contributed by atoms with Gasteiger partial charge in [0.1, 0.15) is 0 Å². The van der Waals surface area contributed by atoms with Gasteiger partial charge in [0, 0.05) is 25.2 Å². The summed E-state index contributed by atoms with van der Waals surface area (Å²) in [6.07, 6.45) is 1.79. The molecule has 0 radical (unpaired) electrons. The molecule has 1 atom stereocenters. The Kier molecular flexibility index (Phi) is 5.64. The molecule has 124 valence electrons. The van der Waals surface area contributed by atoms with Crippen LogP contribution in [0.4, 0.5) is 11.4 Å². The van der Waals surface area contributed by atoms with Gasteiger partial charge in [-0.25, -0.2) is 9.80 Å². The number of anilines is 1. The summed E-state index contributed by atoms with van der Waals surface area (Å²) in [4.78, 5) is 22.0. The Bertz CT molecular complexity index is 600. The molecule has 1 heterocycles. The lowest BCUT2D eigenvalue weighted by atomic mass is 10.2. The van der Waals surface area contributed by atoms with Crippen molar-refractivity contribution in [1.29, 1.82) is 0 Å². The van der Waals surface area contributed by atoms with Gasteiger partial charge < -0.3 is 9.47 Å². The van der Waals surface area contributed by atoms with Gasteiger partial charge in [-0.15, -0.1) is 0 Å². The number of ether oxygens (including phenoxy) is 2. The number of hydrogen-bond donors (Lipinski definition) is 0. The Hall–Kier alpha value is -2.48. The summed E-state index contributed by atoms with van der Waals surface area (Å²) >= 11 is 0. The van der Waals surface area contributed by atoms with Gasteiger partial charge >= 0.3 is 5.97 Å². The molecule has 0 saturated heterocycles. The van der Waals surface area contributed by atoms with E-state index in [0.717, 1.165) is 12.8 Å². The lowest BCUT2D eigenvalue weighted by Crippen LogP contribution is -2.29. The highest BCUT2D eigenvalue weighted by atomic mass is 16.6. The first kappa shape index (κ1) is 16.9. The molecule has 1 aromatic rings. The quantitative estimate of drug-likeness (QED) is 0.331. The second-order valence-corrected chi connectivity index (χ2v) is 5.04. The minimum atomic E-state index is -0.501. The van der Waals surface area contributed by atoms with Crippen LogP contribution < -0.4 is 5.01 Å². The van der Waals surface area contributed by atoms with Crippen LogP contribution in [0.2, 0.25) is 0 Å². The van der Waals surface area contributed by atoms with E-state index in [4.69, 9.17) is 9.47 Å². The van der Waals surface area contributed by atoms with Gasteiger partial charge in [-0.05, 0) is 18.6 Å². The number of unbranched alkanes of at least 4 members (excludes halogenated alkanes) is 1. The fourth-order valence-corrected chi connectivity index (χ4v) is 2.17. The number of hydrogen-bond acceptors (Lipinski definition) is 7. The lowest BCUT2D eigenvalue weighted by Gasteiger charge is -2.23. The Morgan fingerprint density at radius 2 is 2.13 bits per heavy atom. The molecule has 0 saturated carbocycles. The summed E-state index contributed by atoms with van der Waals surface area (Å²) in [6, 6.07) is 5.95. The summed E-state index contributed by atoms with van der Waals surface area (Å²) in [5, 5.41) is 16.5. The van der Waals surface area contributed by atoms with Crippen LogP contribution in [0, 0.1) is 10.1 Å². The van der Waals surface area contributed by atoms with E-state index in [-0.39, 0.29) is 11.4 Å². The van der Waals surface area contributed by atoms with Gasteiger partial charge in [0.25, 0.3) is 5.69 Å². The Labute approximate surface area is 133 Å². The highest BCUT2D eigenvalue weighted by molar-refractivity contribution is 6.37. The first-order valence-electron chi connectivity index (χ1n) is 7.38. The van der Waals surface area contributed by atoms with Crippen LogP contribution in [0.25, 0.3) is 0 Å². The number of rotatable bonds is 7. The molecule has 23 heavy (non-hydrogen) atoms. The number of methoxy groups -OCH3 is 1. The monoisotopic (exact) mass is 321 g/mol. The van der Waals surface area contributed by atoms with Crippen LogP contribution in [0.5, 0.6) is 0 Å². The standard InChI is InChI=1S/C15H19N3O5/c1-3-4-9-23-14-10-13(15(19)22-2)16-17(14)11-5-7-12(8-6-11)18(20)21/h5-8,14H,3-4,9-10H2,1-2H3. The maximum Gasteiger partial charge on any atom is 0.354 e. The zero-order valence-corrected chi connectivity index (χ0v) is 13.1. The summed E-state index contributed by atoms with van der Waals surface area (Å²) in [5.74, 6) is -0.501. The van der Waals surface area contributed by atoms with Crippen molar-refractivity contribution in [1.82, 2.24) is 0 Å². The van der Waals surface area contributed by atoms with Crippen molar-refractivity contribution in [2.45, 2.75) is 32.4 Å². The lowest BCUT2D eigenvalue weighted by molar-refractivity contribution is -0.384. The van der Waals surface area contributed by atoms with Crippen LogP contribution in [0.15, 0.2) is 29.4 Å². The van der Waals surface area contributed by atoms with Gasteiger partial charge in [-0.3, -0.25) is 10.1 Å². The number of non-ortho nitro benzene ring substituents is 1. The van der Waals surface area contributed by atoms with Crippen molar-refractivity contribution >= 4 is 23.1 Å². The Morgan fingerprint density at radius 1 is 1.43 bits per heavy atom. The molecule has 1 aliphatic rings. The first-order valence-corrected chi connectivity index (χ1v) is 7.38. The van der Waals surface area contributed by atoms with E-state index in [1.165, 1.54) is 19.2 Å². The van der Waals surface area contributed by atoms with Crippen molar-refractivity contribution in [2.24, 2.45) is 5.10 Å². The molecule has 0 fully saturated rings. The predicted molar refractivity (Wildman–Crippen MR) is 84.3 cm³/mol. The predicted octanol–water partition coefficient (Wildman–Crippen LogP) is 2.48. The zero-order chi connectivity index (χ0) is 16.8. The number of carbonyl (C=O) groups excluding carboxylic acids is 1. The zero-order valence-electron chi connectivity index (χ0n) is 13.1. The molecule has 8 heteroatoms. The molecule has 0 aromatic heterocycles. The minimum absolute atomic E-state index is 0.00595. The minimum Gasteiger partial charge on any atom is -0.464 e. The number of nitro groups is 1. The van der Waals surface area contributed by atoms with E-state index in [9.17, 15) is 14.9 Å².